The highest BCUT2D eigenvalue weighted by atomic mass is 32.2. The summed E-state index contributed by atoms with van der Waals surface area (Å²) in [6.45, 7) is 4.09. The van der Waals surface area contributed by atoms with Crippen molar-refractivity contribution in [3.63, 3.8) is 0 Å². The highest BCUT2D eigenvalue weighted by molar-refractivity contribution is 7.99. The number of hydrogen-bond acceptors (Lipinski definition) is 6. The number of aryl methyl sites for hydroxylation is 2. The molecule has 0 radical (unpaired) electrons. The molecule has 0 bridgehead atoms. The Kier molecular flexibility index (Phi) is 5.65. The largest absolute Gasteiger partial charge is 0.506 e. The molecule has 30 heavy (non-hydrogen) atoms. The van der Waals surface area contributed by atoms with Crippen molar-refractivity contribution < 1.29 is 19.3 Å². The van der Waals surface area contributed by atoms with Crippen LogP contribution in [0.15, 0.2) is 57.0 Å². The Bertz CT molecular complexity index is 1280. The number of nitrogens with zero attached hydrogens (tertiary/aromatic N) is 1. The summed E-state index contributed by atoms with van der Waals surface area (Å²) in [4.78, 5) is 30.6. The van der Waals surface area contributed by atoms with Crippen LogP contribution in [0.5, 0.6) is 5.75 Å². The lowest BCUT2D eigenvalue weighted by Gasteiger charge is -2.08. The molecular weight excluding hydrogens is 422 g/mol. The zero-order chi connectivity index (χ0) is 21.3. The Morgan fingerprint density at radius 1 is 1.30 bits per heavy atom. The third-order valence-corrected chi connectivity index (χ3v) is 6.42. The van der Waals surface area contributed by atoms with Crippen LogP contribution >= 0.6 is 23.1 Å². The molecule has 3 N–H and O–H groups in total. The first kappa shape index (κ1) is 20.2. The second-order valence-corrected chi connectivity index (χ2v) is 9.08. The summed E-state index contributed by atoms with van der Waals surface area (Å²) in [7, 11) is 0. The van der Waals surface area contributed by atoms with Gasteiger partial charge in [0, 0.05) is 4.88 Å². The average molecular weight is 443 g/mol. The normalized spacial score (nSPS) is 11.1. The fourth-order valence-electron chi connectivity index (χ4n) is 3.05. The van der Waals surface area contributed by atoms with Crippen LogP contribution in [0, 0.1) is 13.8 Å². The SMILES string of the molecule is Cc1ccc(O)c(NC(=O)CSc2[nH+]c3sc(C)cc3c(=O)n2Cc2ccco2)c1. The number of anilines is 1. The van der Waals surface area contributed by atoms with Crippen LogP contribution in [0.4, 0.5) is 5.69 Å². The number of thioether (sulfide) groups is 1. The standard InChI is InChI=1S/C21H19N3O4S2/c1-12-5-6-17(25)16(8-12)22-18(26)11-29-21-23-19-15(9-13(2)30-19)20(27)24(21)10-14-4-3-7-28-14/h3-9,25H,10-11H2,1-2H3,(H,22,26)/p+1. The molecule has 0 spiro atoms. The Hall–Kier alpha value is -3.04. The number of aromatic amines is 1. The van der Waals surface area contributed by atoms with Crippen LogP contribution in [0.1, 0.15) is 16.2 Å². The molecule has 154 valence electrons. The molecule has 4 aromatic rings. The summed E-state index contributed by atoms with van der Waals surface area (Å²) < 4.78 is 6.99. The maximum Gasteiger partial charge on any atom is 0.347 e. The number of fused-ring (bicyclic) bond motifs is 1. The molecule has 0 unspecified atom stereocenters. The fourth-order valence-corrected chi connectivity index (χ4v) is 4.84. The molecule has 0 fully saturated rings. The first-order chi connectivity index (χ1) is 14.4. The van der Waals surface area contributed by atoms with E-state index in [0.29, 0.717) is 22.0 Å². The number of carbonyl (C=O) groups excluding carboxylic acids is 1. The minimum atomic E-state index is -0.284. The van der Waals surface area contributed by atoms with Crippen LogP contribution in [-0.4, -0.2) is 21.3 Å². The molecule has 0 aliphatic carbocycles. The van der Waals surface area contributed by atoms with E-state index in [1.807, 2.05) is 19.9 Å². The molecule has 3 heterocycles. The highest BCUT2D eigenvalue weighted by Crippen LogP contribution is 2.25. The third-order valence-electron chi connectivity index (χ3n) is 4.46. The first-order valence-electron chi connectivity index (χ1n) is 9.21. The number of H-pyrrole nitrogens is 1. The van der Waals surface area contributed by atoms with Gasteiger partial charge in [0.15, 0.2) is 11.4 Å². The van der Waals surface area contributed by atoms with Crippen LogP contribution in [0.2, 0.25) is 0 Å². The van der Waals surface area contributed by atoms with Gasteiger partial charge in [-0.2, -0.15) is 4.57 Å². The van der Waals surface area contributed by atoms with Gasteiger partial charge < -0.3 is 14.8 Å². The van der Waals surface area contributed by atoms with Gasteiger partial charge in [0.25, 0.3) is 0 Å². The maximum absolute atomic E-state index is 13.1. The van der Waals surface area contributed by atoms with E-state index in [2.05, 4.69) is 10.3 Å². The molecular formula is C21H20N3O4S2+. The van der Waals surface area contributed by atoms with Gasteiger partial charge in [-0.05, 0) is 61.5 Å². The lowest BCUT2D eigenvalue weighted by atomic mass is 10.2. The molecule has 0 saturated heterocycles. The molecule has 9 heteroatoms. The number of phenolic OH excluding ortho intramolecular Hbond substituents is 1. The van der Waals surface area contributed by atoms with E-state index in [-0.39, 0.29) is 29.5 Å². The van der Waals surface area contributed by atoms with Crippen LogP contribution in [0.25, 0.3) is 10.2 Å². The number of hydrogen-bond donors (Lipinski definition) is 2. The number of benzene rings is 1. The molecule has 0 saturated carbocycles. The predicted octanol–water partition coefficient (Wildman–Crippen LogP) is 3.57. The van der Waals surface area contributed by atoms with Crippen molar-refractivity contribution in [2.75, 3.05) is 11.1 Å². The zero-order valence-electron chi connectivity index (χ0n) is 16.4. The number of carbonyl (C=O) groups is 1. The van der Waals surface area contributed by atoms with Gasteiger partial charge in [-0.1, -0.05) is 17.4 Å². The van der Waals surface area contributed by atoms with Crippen LogP contribution in [-0.2, 0) is 11.3 Å². The number of furan rings is 1. The number of phenols is 1. The Balaban J connectivity index is 1.60. The number of aromatic hydroxyl groups is 1. The summed E-state index contributed by atoms with van der Waals surface area (Å²) in [5, 5.41) is 13.8. The van der Waals surface area contributed by atoms with E-state index in [0.717, 1.165) is 15.3 Å². The summed E-state index contributed by atoms with van der Waals surface area (Å²) in [5.41, 5.74) is 1.15. The van der Waals surface area contributed by atoms with Gasteiger partial charge in [-0.15, -0.1) is 0 Å². The molecule has 0 aliphatic rings. The number of thiophene rings is 1. The lowest BCUT2D eigenvalue weighted by Crippen LogP contribution is -2.30. The van der Waals surface area contributed by atoms with Crippen molar-refractivity contribution in [1.82, 2.24) is 4.57 Å². The number of aromatic nitrogens is 2. The number of rotatable bonds is 6. The maximum atomic E-state index is 13.1. The highest BCUT2D eigenvalue weighted by Gasteiger charge is 2.22. The van der Waals surface area contributed by atoms with E-state index in [1.165, 1.54) is 23.1 Å². The third kappa shape index (κ3) is 4.27. The Morgan fingerprint density at radius 2 is 2.13 bits per heavy atom. The molecule has 3 aromatic heterocycles. The van der Waals surface area contributed by atoms with Gasteiger partial charge in [-0.3, -0.25) is 4.79 Å². The van der Waals surface area contributed by atoms with Crippen molar-refractivity contribution in [3.8, 4) is 5.75 Å². The minimum absolute atomic E-state index is 0.00993. The molecule has 1 amide bonds. The van der Waals surface area contributed by atoms with E-state index >= 15 is 0 Å². The van der Waals surface area contributed by atoms with Gasteiger partial charge in [-0.25, -0.2) is 9.78 Å². The van der Waals surface area contributed by atoms with E-state index in [4.69, 9.17) is 4.42 Å². The molecule has 7 nitrogen and oxygen atoms in total. The van der Waals surface area contributed by atoms with Gasteiger partial charge in [0.05, 0.1) is 17.7 Å². The second-order valence-electron chi connectivity index (χ2n) is 6.86. The molecule has 1 aromatic carbocycles. The summed E-state index contributed by atoms with van der Waals surface area (Å²) in [5.74, 6) is 0.439. The molecule has 0 aliphatic heterocycles. The molecule has 4 rings (SSSR count). The zero-order valence-corrected chi connectivity index (χ0v) is 18.0. The van der Waals surface area contributed by atoms with E-state index in [1.54, 1.807) is 41.2 Å². The summed E-state index contributed by atoms with van der Waals surface area (Å²) in [6.07, 6.45) is 1.56. The summed E-state index contributed by atoms with van der Waals surface area (Å²) in [6, 6.07) is 10.4. The minimum Gasteiger partial charge on any atom is -0.506 e. The quantitative estimate of drug-likeness (QED) is 0.270. The Morgan fingerprint density at radius 3 is 2.90 bits per heavy atom. The lowest BCUT2D eigenvalue weighted by molar-refractivity contribution is -0.404. The number of nitrogens with one attached hydrogen (secondary N) is 2. The Labute approximate surface area is 180 Å². The van der Waals surface area contributed by atoms with Gasteiger partial charge in [0.1, 0.15) is 16.9 Å². The van der Waals surface area contributed by atoms with Crippen LogP contribution in [0.3, 0.4) is 0 Å². The predicted molar refractivity (Wildman–Crippen MR) is 117 cm³/mol. The van der Waals surface area contributed by atoms with E-state index < -0.39 is 0 Å². The van der Waals surface area contributed by atoms with Crippen LogP contribution < -0.4 is 15.9 Å². The molecule has 0 atom stereocenters. The van der Waals surface area contributed by atoms with E-state index in [9.17, 15) is 14.7 Å². The van der Waals surface area contributed by atoms with Gasteiger partial charge >= 0.3 is 10.7 Å². The fraction of sp³-hybridized carbons (Fsp3) is 0.190. The van der Waals surface area contributed by atoms with Crippen molar-refractivity contribution in [2.24, 2.45) is 0 Å². The van der Waals surface area contributed by atoms with Crippen molar-refractivity contribution in [3.05, 3.63) is 69.2 Å². The first-order valence-corrected chi connectivity index (χ1v) is 11.0. The monoisotopic (exact) mass is 442 g/mol. The van der Waals surface area contributed by atoms with Crippen molar-refractivity contribution in [1.29, 1.82) is 0 Å². The number of amides is 1. The summed E-state index contributed by atoms with van der Waals surface area (Å²) >= 11 is 2.72. The smallest absolute Gasteiger partial charge is 0.347 e. The van der Waals surface area contributed by atoms with Gasteiger partial charge in [0.2, 0.25) is 5.91 Å². The topological polar surface area (TPSA) is 98.6 Å². The average Bonchev–Trinajstić information content (AvgIpc) is 3.35. The van der Waals surface area contributed by atoms with Crippen molar-refractivity contribution >= 4 is 44.9 Å². The van der Waals surface area contributed by atoms with Crippen molar-refractivity contribution in [2.45, 2.75) is 25.5 Å². The second kappa shape index (κ2) is 8.37.